The zero-order valence-corrected chi connectivity index (χ0v) is 11.0. The van der Waals surface area contributed by atoms with Gasteiger partial charge in [0.05, 0.1) is 11.0 Å². The van der Waals surface area contributed by atoms with E-state index in [1.165, 1.54) is 6.08 Å². The summed E-state index contributed by atoms with van der Waals surface area (Å²) in [5.74, 6) is 0.970. The molecule has 0 bridgehead atoms. The molecule has 0 saturated carbocycles. The fraction of sp³-hybridized carbons (Fsp3) is 0.286. The fourth-order valence-electron chi connectivity index (χ4n) is 1.88. The standard InChI is InChI=1S/C14H17N3O2/c1-9(2)7-13-15-11-5-3-10(8-12(11)16-13)4-6-14(18)17-19/h3-6,8-9,19H,7H2,1-2H3,(H,15,16)(H,17,18)/b6-4+. The Balaban J connectivity index is 2.25. The smallest absolute Gasteiger partial charge is 0.267 e. The van der Waals surface area contributed by atoms with Crippen LogP contribution < -0.4 is 5.48 Å². The largest absolute Gasteiger partial charge is 0.342 e. The van der Waals surface area contributed by atoms with Gasteiger partial charge in [-0.3, -0.25) is 10.0 Å². The third kappa shape index (κ3) is 3.42. The summed E-state index contributed by atoms with van der Waals surface area (Å²) in [5.41, 5.74) is 4.29. The van der Waals surface area contributed by atoms with E-state index in [-0.39, 0.29) is 0 Å². The van der Waals surface area contributed by atoms with Crippen LogP contribution in [0.1, 0.15) is 25.2 Å². The van der Waals surface area contributed by atoms with Gasteiger partial charge in [-0.05, 0) is 29.7 Å². The maximum atomic E-state index is 10.9. The molecule has 0 spiro atoms. The molecule has 0 aliphatic rings. The van der Waals surface area contributed by atoms with E-state index in [1.807, 2.05) is 18.2 Å². The van der Waals surface area contributed by atoms with Crippen molar-refractivity contribution >= 4 is 23.0 Å². The molecule has 0 aliphatic heterocycles. The number of hydroxylamine groups is 1. The van der Waals surface area contributed by atoms with E-state index in [2.05, 4.69) is 23.8 Å². The van der Waals surface area contributed by atoms with Crippen LogP contribution in [0.4, 0.5) is 0 Å². The molecule has 1 aromatic carbocycles. The number of nitrogens with zero attached hydrogens (tertiary/aromatic N) is 1. The van der Waals surface area contributed by atoms with Gasteiger partial charge in [-0.15, -0.1) is 0 Å². The number of carbonyl (C=O) groups excluding carboxylic acids is 1. The Hall–Kier alpha value is -2.14. The van der Waals surface area contributed by atoms with Gasteiger partial charge >= 0.3 is 0 Å². The Kier molecular flexibility index (Phi) is 3.97. The van der Waals surface area contributed by atoms with E-state index < -0.39 is 5.91 Å². The third-order valence-electron chi connectivity index (χ3n) is 2.69. The Morgan fingerprint density at radius 3 is 3.00 bits per heavy atom. The van der Waals surface area contributed by atoms with E-state index in [0.29, 0.717) is 5.92 Å². The molecule has 0 fully saturated rings. The van der Waals surface area contributed by atoms with E-state index >= 15 is 0 Å². The van der Waals surface area contributed by atoms with Crippen molar-refractivity contribution in [3.05, 3.63) is 35.7 Å². The number of fused-ring (bicyclic) bond motifs is 1. The second kappa shape index (κ2) is 5.67. The van der Waals surface area contributed by atoms with Crippen molar-refractivity contribution in [3.8, 4) is 0 Å². The monoisotopic (exact) mass is 259 g/mol. The maximum absolute atomic E-state index is 10.9. The number of aromatic amines is 1. The molecule has 100 valence electrons. The minimum Gasteiger partial charge on any atom is -0.342 e. The van der Waals surface area contributed by atoms with Gasteiger partial charge in [-0.25, -0.2) is 10.5 Å². The van der Waals surface area contributed by atoms with Crippen LogP contribution in [0.2, 0.25) is 0 Å². The molecule has 1 amide bonds. The molecule has 0 atom stereocenters. The summed E-state index contributed by atoms with van der Waals surface area (Å²) in [6.45, 7) is 4.30. The minimum atomic E-state index is -0.551. The van der Waals surface area contributed by atoms with Gasteiger partial charge in [-0.1, -0.05) is 19.9 Å². The highest BCUT2D eigenvalue weighted by Gasteiger charge is 2.05. The lowest BCUT2D eigenvalue weighted by atomic mass is 10.1. The highest BCUT2D eigenvalue weighted by Crippen LogP contribution is 2.16. The Morgan fingerprint density at radius 2 is 2.32 bits per heavy atom. The molecule has 2 rings (SSSR count). The number of amides is 1. The summed E-state index contributed by atoms with van der Waals surface area (Å²) in [4.78, 5) is 18.7. The number of nitrogens with one attached hydrogen (secondary N) is 2. The summed E-state index contributed by atoms with van der Waals surface area (Å²) in [6, 6.07) is 5.71. The number of aromatic nitrogens is 2. The molecule has 3 N–H and O–H groups in total. The Morgan fingerprint density at radius 1 is 1.53 bits per heavy atom. The minimum absolute atomic E-state index is 0.549. The quantitative estimate of drug-likeness (QED) is 0.448. The van der Waals surface area contributed by atoms with Gasteiger partial charge in [0.2, 0.25) is 0 Å². The molecule has 1 heterocycles. The van der Waals surface area contributed by atoms with Crippen LogP contribution in [0.25, 0.3) is 17.1 Å². The van der Waals surface area contributed by atoms with Gasteiger partial charge in [0.1, 0.15) is 5.82 Å². The van der Waals surface area contributed by atoms with Gasteiger partial charge in [-0.2, -0.15) is 0 Å². The lowest BCUT2D eigenvalue weighted by Crippen LogP contribution is -2.14. The highest BCUT2D eigenvalue weighted by atomic mass is 16.5. The number of hydrogen-bond donors (Lipinski definition) is 3. The van der Waals surface area contributed by atoms with Crippen LogP contribution in [0, 0.1) is 5.92 Å². The molecule has 5 heteroatoms. The predicted octanol–water partition coefficient (Wildman–Crippen LogP) is 2.28. The second-order valence-corrected chi connectivity index (χ2v) is 4.87. The molecule has 0 radical (unpaired) electrons. The Bertz CT molecular complexity index is 614. The highest BCUT2D eigenvalue weighted by molar-refractivity contribution is 5.91. The fourth-order valence-corrected chi connectivity index (χ4v) is 1.88. The van der Waals surface area contributed by atoms with Gasteiger partial charge in [0.15, 0.2) is 0 Å². The van der Waals surface area contributed by atoms with Gasteiger partial charge in [0, 0.05) is 12.5 Å². The van der Waals surface area contributed by atoms with Crippen molar-refractivity contribution in [3.63, 3.8) is 0 Å². The van der Waals surface area contributed by atoms with Crippen molar-refractivity contribution in [2.45, 2.75) is 20.3 Å². The van der Waals surface area contributed by atoms with Crippen molar-refractivity contribution in [1.82, 2.24) is 15.4 Å². The molecule has 0 saturated heterocycles. The maximum Gasteiger partial charge on any atom is 0.267 e. The normalized spacial score (nSPS) is 11.6. The molecule has 19 heavy (non-hydrogen) atoms. The summed E-state index contributed by atoms with van der Waals surface area (Å²) >= 11 is 0. The number of carbonyl (C=O) groups is 1. The first-order valence-corrected chi connectivity index (χ1v) is 6.19. The van der Waals surface area contributed by atoms with E-state index in [1.54, 1.807) is 11.6 Å². The lowest BCUT2D eigenvalue weighted by molar-refractivity contribution is -0.124. The predicted molar refractivity (Wildman–Crippen MR) is 73.6 cm³/mol. The number of hydrogen-bond acceptors (Lipinski definition) is 3. The first-order chi connectivity index (χ1) is 9.08. The van der Waals surface area contributed by atoms with Crippen molar-refractivity contribution in [1.29, 1.82) is 0 Å². The molecule has 1 aromatic heterocycles. The first-order valence-electron chi connectivity index (χ1n) is 6.19. The van der Waals surface area contributed by atoms with Crippen molar-refractivity contribution in [2.24, 2.45) is 5.92 Å². The molecule has 2 aromatic rings. The van der Waals surface area contributed by atoms with Crippen LogP contribution in [0.5, 0.6) is 0 Å². The number of H-pyrrole nitrogens is 1. The molecule has 0 unspecified atom stereocenters. The molecular formula is C14H17N3O2. The van der Waals surface area contributed by atoms with Crippen LogP contribution in [-0.2, 0) is 11.2 Å². The summed E-state index contributed by atoms with van der Waals surface area (Å²) < 4.78 is 0. The number of imidazole rings is 1. The van der Waals surface area contributed by atoms with Crippen LogP contribution in [0.3, 0.4) is 0 Å². The zero-order valence-electron chi connectivity index (χ0n) is 11.0. The van der Waals surface area contributed by atoms with Crippen molar-refractivity contribution in [2.75, 3.05) is 0 Å². The molecule has 5 nitrogen and oxygen atoms in total. The number of rotatable bonds is 4. The lowest BCUT2D eigenvalue weighted by Gasteiger charge is -1.98. The average Bonchev–Trinajstić information content (AvgIpc) is 2.76. The Labute approximate surface area is 111 Å². The first kappa shape index (κ1) is 13.3. The molecule has 0 aliphatic carbocycles. The van der Waals surface area contributed by atoms with Crippen LogP contribution in [0.15, 0.2) is 24.3 Å². The summed E-state index contributed by atoms with van der Waals surface area (Å²) in [5, 5.41) is 8.40. The third-order valence-corrected chi connectivity index (χ3v) is 2.69. The summed E-state index contributed by atoms with van der Waals surface area (Å²) in [6.07, 6.45) is 3.81. The average molecular weight is 259 g/mol. The number of benzene rings is 1. The van der Waals surface area contributed by atoms with Crippen molar-refractivity contribution < 1.29 is 10.0 Å². The van der Waals surface area contributed by atoms with E-state index in [9.17, 15) is 4.79 Å². The van der Waals surface area contributed by atoms with Crippen LogP contribution in [-0.4, -0.2) is 21.1 Å². The van der Waals surface area contributed by atoms with Crippen LogP contribution >= 0.6 is 0 Å². The topological polar surface area (TPSA) is 78.0 Å². The van der Waals surface area contributed by atoms with Gasteiger partial charge < -0.3 is 4.98 Å². The SMILES string of the molecule is CC(C)Cc1nc2ccc(/C=C/C(=O)NO)cc2[nH]1. The summed E-state index contributed by atoms with van der Waals surface area (Å²) in [7, 11) is 0. The van der Waals surface area contributed by atoms with Gasteiger partial charge in [0.25, 0.3) is 5.91 Å². The molecular weight excluding hydrogens is 242 g/mol. The van der Waals surface area contributed by atoms with E-state index in [0.717, 1.165) is 28.8 Å². The van der Waals surface area contributed by atoms with E-state index in [4.69, 9.17) is 5.21 Å². The second-order valence-electron chi connectivity index (χ2n) is 4.87. The zero-order chi connectivity index (χ0) is 13.8.